The highest BCUT2D eigenvalue weighted by atomic mass is 16.4. The minimum absolute atomic E-state index is 0.398. The topological polar surface area (TPSA) is 71.5 Å². The first-order valence-corrected chi connectivity index (χ1v) is 9.92. The van der Waals surface area contributed by atoms with Crippen molar-refractivity contribution in [3.63, 3.8) is 0 Å². The summed E-state index contributed by atoms with van der Waals surface area (Å²) in [5.41, 5.74) is 4.12. The molecule has 5 rings (SSSR count). The number of anilines is 1. The Kier molecular flexibility index (Phi) is 4.17. The van der Waals surface area contributed by atoms with Crippen LogP contribution in [0.15, 0.2) is 50.0 Å². The van der Waals surface area contributed by atoms with Gasteiger partial charge >= 0.3 is 5.63 Å². The Labute approximate surface area is 168 Å². The van der Waals surface area contributed by atoms with Crippen molar-refractivity contribution in [2.45, 2.75) is 26.8 Å². The van der Waals surface area contributed by atoms with Gasteiger partial charge in [-0.05, 0) is 51.1 Å². The van der Waals surface area contributed by atoms with Gasteiger partial charge < -0.3 is 19.1 Å². The molecular weight excluding hydrogens is 366 g/mol. The number of fused-ring (bicyclic) bond motifs is 2. The minimum atomic E-state index is -0.398. The average molecular weight is 389 g/mol. The van der Waals surface area contributed by atoms with Crippen LogP contribution in [0, 0.1) is 13.8 Å². The van der Waals surface area contributed by atoms with Crippen molar-refractivity contribution in [3.05, 3.63) is 58.2 Å². The van der Waals surface area contributed by atoms with Crippen LogP contribution < -0.4 is 15.8 Å². The van der Waals surface area contributed by atoms with Gasteiger partial charge in [0, 0.05) is 53.9 Å². The SMILES string of the molecule is Cc1cc2cc(-c3cc4ccc(N5CCNC(C)C5)cc4oc3=O)oc2c(C)n1. The average Bonchev–Trinajstić information content (AvgIpc) is 3.11. The van der Waals surface area contributed by atoms with Gasteiger partial charge in [-0.2, -0.15) is 0 Å². The standard InChI is InChI=1S/C23H23N3O3/c1-13-8-17-10-21(28-22(17)15(3)25-13)19-9-16-4-5-18(11-20(16)29-23(19)27)26-7-6-24-14(2)12-26/h4-5,8-11,14,24H,6-7,12H2,1-3H3. The maximum atomic E-state index is 12.7. The number of nitrogens with one attached hydrogen (secondary N) is 1. The van der Waals surface area contributed by atoms with Crippen molar-refractivity contribution in [2.75, 3.05) is 24.5 Å². The lowest BCUT2D eigenvalue weighted by Crippen LogP contribution is -2.49. The third kappa shape index (κ3) is 3.19. The molecular formula is C23H23N3O3. The maximum absolute atomic E-state index is 12.7. The second-order valence-electron chi connectivity index (χ2n) is 7.85. The summed E-state index contributed by atoms with van der Waals surface area (Å²) in [4.78, 5) is 19.5. The van der Waals surface area contributed by atoms with Gasteiger partial charge in [0.2, 0.25) is 0 Å². The number of hydrogen-bond donors (Lipinski definition) is 1. The van der Waals surface area contributed by atoms with Gasteiger partial charge in [0.05, 0.1) is 5.69 Å². The van der Waals surface area contributed by atoms with Crippen LogP contribution >= 0.6 is 0 Å². The Bertz CT molecular complexity index is 1290. The van der Waals surface area contributed by atoms with E-state index in [9.17, 15) is 4.79 Å². The normalized spacial score (nSPS) is 17.3. The van der Waals surface area contributed by atoms with Gasteiger partial charge in [-0.15, -0.1) is 0 Å². The van der Waals surface area contributed by atoms with Gasteiger partial charge in [0.15, 0.2) is 5.58 Å². The minimum Gasteiger partial charge on any atom is -0.454 e. The number of rotatable bonds is 2. The molecule has 1 saturated heterocycles. The fraction of sp³-hybridized carbons (Fsp3) is 0.304. The quantitative estimate of drug-likeness (QED) is 0.522. The van der Waals surface area contributed by atoms with E-state index < -0.39 is 5.63 Å². The van der Waals surface area contributed by atoms with Crippen molar-refractivity contribution < 1.29 is 8.83 Å². The highest BCUT2D eigenvalue weighted by molar-refractivity contribution is 5.88. The molecule has 0 amide bonds. The summed E-state index contributed by atoms with van der Waals surface area (Å²) < 4.78 is 11.6. The van der Waals surface area contributed by atoms with Crippen LogP contribution in [-0.2, 0) is 0 Å². The molecule has 6 nitrogen and oxygen atoms in total. The van der Waals surface area contributed by atoms with Gasteiger partial charge in [0.25, 0.3) is 0 Å². The Balaban J connectivity index is 1.58. The van der Waals surface area contributed by atoms with Crippen molar-refractivity contribution >= 4 is 27.6 Å². The summed E-state index contributed by atoms with van der Waals surface area (Å²) in [6.45, 7) is 8.83. The largest absolute Gasteiger partial charge is 0.454 e. The van der Waals surface area contributed by atoms with Gasteiger partial charge in [0.1, 0.15) is 16.9 Å². The molecule has 0 bridgehead atoms. The van der Waals surface area contributed by atoms with Crippen LogP contribution in [0.4, 0.5) is 5.69 Å². The first kappa shape index (κ1) is 17.9. The summed E-state index contributed by atoms with van der Waals surface area (Å²) in [6.07, 6.45) is 0. The Morgan fingerprint density at radius 2 is 1.97 bits per heavy atom. The molecule has 1 N–H and O–H groups in total. The van der Waals surface area contributed by atoms with Crippen LogP contribution in [0.25, 0.3) is 33.3 Å². The van der Waals surface area contributed by atoms with E-state index in [0.717, 1.165) is 47.5 Å². The van der Waals surface area contributed by atoms with E-state index in [1.807, 2.05) is 44.2 Å². The third-order valence-electron chi connectivity index (χ3n) is 5.52. The fourth-order valence-electron chi connectivity index (χ4n) is 4.14. The van der Waals surface area contributed by atoms with Gasteiger partial charge in [-0.1, -0.05) is 0 Å². The van der Waals surface area contributed by atoms with E-state index in [4.69, 9.17) is 8.83 Å². The van der Waals surface area contributed by atoms with Crippen molar-refractivity contribution in [3.8, 4) is 11.3 Å². The second-order valence-corrected chi connectivity index (χ2v) is 7.85. The number of aryl methyl sites for hydroxylation is 2. The number of aromatic nitrogens is 1. The Morgan fingerprint density at radius 1 is 1.10 bits per heavy atom. The number of hydrogen-bond acceptors (Lipinski definition) is 6. The van der Waals surface area contributed by atoms with E-state index in [1.54, 1.807) is 0 Å². The molecule has 4 heterocycles. The molecule has 3 aromatic heterocycles. The Morgan fingerprint density at radius 3 is 2.79 bits per heavy atom. The summed E-state index contributed by atoms with van der Waals surface area (Å²) in [5, 5.41) is 5.25. The van der Waals surface area contributed by atoms with Crippen LogP contribution in [0.2, 0.25) is 0 Å². The molecule has 4 aromatic rings. The summed E-state index contributed by atoms with van der Waals surface area (Å²) in [5.74, 6) is 0.506. The predicted octanol–water partition coefficient (Wildman–Crippen LogP) is 4.02. The Hall–Kier alpha value is -3.12. The molecule has 29 heavy (non-hydrogen) atoms. The first-order chi connectivity index (χ1) is 14.0. The molecule has 0 saturated carbocycles. The molecule has 6 heteroatoms. The number of furan rings is 1. The smallest absolute Gasteiger partial charge is 0.347 e. The number of piperazine rings is 1. The molecule has 1 fully saturated rings. The van der Waals surface area contributed by atoms with Gasteiger partial charge in [-0.25, -0.2) is 4.79 Å². The third-order valence-corrected chi connectivity index (χ3v) is 5.52. The van der Waals surface area contributed by atoms with Crippen molar-refractivity contribution in [1.29, 1.82) is 0 Å². The van der Waals surface area contributed by atoms with Gasteiger partial charge in [-0.3, -0.25) is 4.98 Å². The molecule has 1 aromatic carbocycles. The zero-order valence-electron chi connectivity index (χ0n) is 16.8. The summed E-state index contributed by atoms with van der Waals surface area (Å²) in [6, 6.07) is 12.2. The molecule has 1 aliphatic heterocycles. The highest BCUT2D eigenvalue weighted by Crippen LogP contribution is 2.30. The molecule has 148 valence electrons. The van der Waals surface area contributed by atoms with Crippen LogP contribution in [0.1, 0.15) is 18.3 Å². The summed E-state index contributed by atoms with van der Waals surface area (Å²) in [7, 11) is 0. The van der Waals surface area contributed by atoms with Crippen LogP contribution in [-0.4, -0.2) is 30.7 Å². The fourth-order valence-corrected chi connectivity index (χ4v) is 4.14. The molecule has 0 spiro atoms. The zero-order chi connectivity index (χ0) is 20.1. The highest BCUT2D eigenvalue weighted by Gasteiger charge is 2.18. The van der Waals surface area contributed by atoms with Crippen LogP contribution in [0.3, 0.4) is 0 Å². The summed E-state index contributed by atoms with van der Waals surface area (Å²) >= 11 is 0. The number of nitrogens with zero attached hydrogens (tertiary/aromatic N) is 2. The molecule has 1 unspecified atom stereocenters. The maximum Gasteiger partial charge on any atom is 0.347 e. The second kappa shape index (κ2) is 6.74. The molecule has 1 atom stereocenters. The predicted molar refractivity (Wildman–Crippen MR) is 115 cm³/mol. The lowest BCUT2D eigenvalue weighted by atomic mass is 10.1. The molecule has 0 aliphatic carbocycles. The molecule has 0 radical (unpaired) electrons. The lowest BCUT2D eigenvalue weighted by molar-refractivity contribution is 0.484. The van der Waals surface area contributed by atoms with Crippen molar-refractivity contribution in [2.24, 2.45) is 0 Å². The zero-order valence-corrected chi connectivity index (χ0v) is 16.8. The van der Waals surface area contributed by atoms with Crippen LogP contribution in [0.5, 0.6) is 0 Å². The number of benzene rings is 1. The van der Waals surface area contributed by atoms with Crippen molar-refractivity contribution in [1.82, 2.24) is 10.3 Å². The van der Waals surface area contributed by atoms with E-state index in [1.165, 1.54) is 0 Å². The van der Waals surface area contributed by atoms with E-state index in [0.29, 0.717) is 28.5 Å². The van der Waals surface area contributed by atoms with E-state index >= 15 is 0 Å². The molecule has 1 aliphatic rings. The first-order valence-electron chi connectivity index (χ1n) is 9.92. The van der Waals surface area contributed by atoms with E-state index in [-0.39, 0.29) is 0 Å². The monoisotopic (exact) mass is 389 g/mol. The number of pyridine rings is 1. The lowest BCUT2D eigenvalue weighted by Gasteiger charge is -2.33. The van der Waals surface area contributed by atoms with E-state index in [2.05, 4.69) is 28.2 Å².